The van der Waals surface area contributed by atoms with E-state index in [0.717, 1.165) is 35.5 Å². The molecule has 0 bridgehead atoms. The number of anilines is 2. The molecule has 2 aromatic carbocycles. The van der Waals surface area contributed by atoms with Gasteiger partial charge < -0.3 is 10.6 Å². The third kappa shape index (κ3) is 3.35. The number of rotatable bonds is 4. The first-order chi connectivity index (χ1) is 12.3. The SMILES string of the molecule is O=C1Cc2cnc(NCCc3ccccc3)nc2-c2ccccc2N1. The molecule has 5 heteroatoms. The Morgan fingerprint density at radius 2 is 1.84 bits per heavy atom. The monoisotopic (exact) mass is 330 g/mol. The van der Waals surface area contributed by atoms with Crippen LogP contribution in [0.4, 0.5) is 11.6 Å². The number of nitrogens with one attached hydrogen (secondary N) is 2. The van der Waals surface area contributed by atoms with E-state index in [1.54, 1.807) is 6.20 Å². The number of hydrogen-bond donors (Lipinski definition) is 2. The summed E-state index contributed by atoms with van der Waals surface area (Å²) in [6, 6.07) is 18.0. The second-order valence-corrected chi connectivity index (χ2v) is 6.00. The van der Waals surface area contributed by atoms with Gasteiger partial charge in [0.2, 0.25) is 11.9 Å². The van der Waals surface area contributed by atoms with Gasteiger partial charge in [-0.15, -0.1) is 0 Å². The number of fused-ring (bicyclic) bond motifs is 3. The van der Waals surface area contributed by atoms with Crippen LogP contribution in [0.1, 0.15) is 11.1 Å². The minimum atomic E-state index is -0.0420. The fourth-order valence-electron chi connectivity index (χ4n) is 2.98. The molecule has 1 aliphatic heterocycles. The lowest BCUT2D eigenvalue weighted by Crippen LogP contribution is -2.13. The number of carbonyl (C=O) groups is 1. The van der Waals surface area contributed by atoms with Crippen molar-refractivity contribution in [2.24, 2.45) is 0 Å². The fraction of sp³-hybridized carbons (Fsp3) is 0.150. The van der Waals surface area contributed by atoms with Gasteiger partial charge in [0.15, 0.2) is 0 Å². The molecule has 0 saturated heterocycles. The molecule has 4 rings (SSSR count). The lowest BCUT2D eigenvalue weighted by Gasteiger charge is -2.10. The number of aromatic nitrogens is 2. The maximum Gasteiger partial charge on any atom is 0.228 e. The topological polar surface area (TPSA) is 66.9 Å². The summed E-state index contributed by atoms with van der Waals surface area (Å²) >= 11 is 0. The Morgan fingerprint density at radius 3 is 2.72 bits per heavy atom. The van der Waals surface area contributed by atoms with Crippen LogP contribution in [0.2, 0.25) is 0 Å². The molecule has 0 atom stereocenters. The van der Waals surface area contributed by atoms with E-state index in [9.17, 15) is 4.79 Å². The Balaban J connectivity index is 1.57. The van der Waals surface area contributed by atoms with Crippen LogP contribution in [0.5, 0.6) is 0 Å². The summed E-state index contributed by atoms with van der Waals surface area (Å²) in [6.45, 7) is 0.752. The average Bonchev–Trinajstić information content (AvgIpc) is 2.78. The summed E-state index contributed by atoms with van der Waals surface area (Å²) in [5, 5.41) is 6.20. The first-order valence-electron chi connectivity index (χ1n) is 8.32. The molecule has 25 heavy (non-hydrogen) atoms. The maximum absolute atomic E-state index is 12.0. The maximum atomic E-state index is 12.0. The second-order valence-electron chi connectivity index (χ2n) is 6.00. The number of amides is 1. The number of hydrogen-bond acceptors (Lipinski definition) is 4. The van der Waals surface area contributed by atoms with Gasteiger partial charge in [-0.25, -0.2) is 9.97 Å². The molecule has 0 aliphatic carbocycles. The van der Waals surface area contributed by atoms with Gasteiger partial charge in [0, 0.05) is 23.9 Å². The molecule has 3 aromatic rings. The highest BCUT2D eigenvalue weighted by molar-refractivity contribution is 5.99. The summed E-state index contributed by atoms with van der Waals surface area (Å²) in [7, 11) is 0. The van der Waals surface area contributed by atoms with E-state index >= 15 is 0 Å². The van der Waals surface area contributed by atoms with Crippen molar-refractivity contribution in [3.8, 4) is 11.3 Å². The zero-order valence-corrected chi connectivity index (χ0v) is 13.7. The highest BCUT2D eigenvalue weighted by atomic mass is 16.1. The van der Waals surface area contributed by atoms with Crippen LogP contribution in [-0.4, -0.2) is 22.4 Å². The summed E-state index contributed by atoms with van der Waals surface area (Å²) < 4.78 is 0. The Labute approximate surface area is 146 Å². The Kier molecular flexibility index (Phi) is 4.12. The molecule has 124 valence electrons. The number of benzene rings is 2. The molecule has 1 aromatic heterocycles. The smallest absolute Gasteiger partial charge is 0.228 e. The van der Waals surface area contributed by atoms with Crippen LogP contribution < -0.4 is 10.6 Å². The van der Waals surface area contributed by atoms with E-state index in [4.69, 9.17) is 0 Å². The van der Waals surface area contributed by atoms with Gasteiger partial charge in [0.05, 0.1) is 17.8 Å². The van der Waals surface area contributed by atoms with Crippen LogP contribution in [0, 0.1) is 0 Å². The lowest BCUT2D eigenvalue weighted by molar-refractivity contribution is -0.115. The Morgan fingerprint density at radius 1 is 1.04 bits per heavy atom. The lowest BCUT2D eigenvalue weighted by atomic mass is 10.1. The normalized spacial score (nSPS) is 12.6. The average molecular weight is 330 g/mol. The second kappa shape index (κ2) is 6.73. The summed E-state index contributed by atoms with van der Waals surface area (Å²) in [5.74, 6) is 0.540. The van der Waals surface area contributed by atoms with E-state index in [2.05, 4.69) is 32.7 Å². The molecular formula is C20H18N4O. The van der Waals surface area contributed by atoms with Crippen molar-refractivity contribution in [1.82, 2.24) is 9.97 Å². The molecular weight excluding hydrogens is 312 g/mol. The molecule has 2 N–H and O–H groups in total. The number of para-hydroxylation sites is 1. The fourth-order valence-corrected chi connectivity index (χ4v) is 2.98. The molecule has 2 heterocycles. The van der Waals surface area contributed by atoms with Crippen molar-refractivity contribution in [2.45, 2.75) is 12.8 Å². The summed E-state index contributed by atoms with van der Waals surface area (Å²) in [4.78, 5) is 21.1. The number of carbonyl (C=O) groups excluding carboxylic acids is 1. The first kappa shape index (κ1) is 15.3. The molecule has 0 radical (unpaired) electrons. The third-order valence-electron chi connectivity index (χ3n) is 4.21. The van der Waals surface area contributed by atoms with Gasteiger partial charge in [-0.3, -0.25) is 4.79 Å². The van der Waals surface area contributed by atoms with E-state index in [1.807, 2.05) is 42.5 Å². The summed E-state index contributed by atoms with van der Waals surface area (Å²) in [5.41, 5.74) is 4.64. The first-order valence-corrected chi connectivity index (χ1v) is 8.32. The molecule has 5 nitrogen and oxygen atoms in total. The largest absolute Gasteiger partial charge is 0.354 e. The zero-order chi connectivity index (χ0) is 17.1. The molecule has 1 amide bonds. The Hall–Kier alpha value is -3.21. The minimum Gasteiger partial charge on any atom is -0.354 e. The van der Waals surface area contributed by atoms with Gasteiger partial charge in [-0.2, -0.15) is 0 Å². The van der Waals surface area contributed by atoms with Gasteiger partial charge in [-0.1, -0.05) is 48.5 Å². The van der Waals surface area contributed by atoms with E-state index in [-0.39, 0.29) is 12.3 Å². The molecule has 0 unspecified atom stereocenters. The van der Waals surface area contributed by atoms with Crippen molar-refractivity contribution in [1.29, 1.82) is 0 Å². The van der Waals surface area contributed by atoms with E-state index in [0.29, 0.717) is 5.95 Å². The van der Waals surface area contributed by atoms with E-state index < -0.39 is 0 Å². The van der Waals surface area contributed by atoms with Gasteiger partial charge >= 0.3 is 0 Å². The minimum absolute atomic E-state index is 0.0420. The van der Waals surface area contributed by atoms with Crippen LogP contribution in [-0.2, 0) is 17.6 Å². The van der Waals surface area contributed by atoms with Crippen molar-refractivity contribution in [2.75, 3.05) is 17.2 Å². The molecule has 0 fully saturated rings. The highest BCUT2D eigenvalue weighted by Crippen LogP contribution is 2.32. The summed E-state index contributed by atoms with van der Waals surface area (Å²) in [6.07, 6.45) is 2.93. The van der Waals surface area contributed by atoms with E-state index in [1.165, 1.54) is 5.56 Å². The number of nitrogens with zero attached hydrogens (tertiary/aromatic N) is 2. The molecule has 1 aliphatic rings. The van der Waals surface area contributed by atoms with Gasteiger partial charge in [0.1, 0.15) is 0 Å². The van der Waals surface area contributed by atoms with Gasteiger partial charge in [0.25, 0.3) is 0 Å². The molecule has 0 saturated carbocycles. The van der Waals surface area contributed by atoms with Crippen molar-refractivity contribution in [3.63, 3.8) is 0 Å². The van der Waals surface area contributed by atoms with Crippen molar-refractivity contribution < 1.29 is 4.79 Å². The molecule has 0 spiro atoms. The van der Waals surface area contributed by atoms with Crippen LogP contribution >= 0.6 is 0 Å². The third-order valence-corrected chi connectivity index (χ3v) is 4.21. The van der Waals surface area contributed by atoms with Crippen LogP contribution in [0.25, 0.3) is 11.3 Å². The van der Waals surface area contributed by atoms with Crippen molar-refractivity contribution >= 4 is 17.5 Å². The quantitative estimate of drug-likeness (QED) is 0.770. The predicted octanol–water partition coefficient (Wildman–Crippen LogP) is 3.29. The predicted molar refractivity (Wildman–Crippen MR) is 98.4 cm³/mol. The standard InChI is InChI=1S/C20H18N4O/c25-18-12-15-13-22-20(21-11-10-14-6-2-1-3-7-14)24-19(15)16-8-4-5-9-17(16)23-18/h1-9,13H,10-12H2,(H,23,25)(H,21,22,24). The Bertz CT molecular complexity index is 909. The van der Waals surface area contributed by atoms with Crippen LogP contribution in [0.3, 0.4) is 0 Å². The van der Waals surface area contributed by atoms with Gasteiger partial charge in [-0.05, 0) is 18.1 Å². The highest BCUT2D eigenvalue weighted by Gasteiger charge is 2.20. The van der Waals surface area contributed by atoms with Crippen molar-refractivity contribution in [3.05, 3.63) is 71.9 Å². The zero-order valence-electron chi connectivity index (χ0n) is 13.7. The van der Waals surface area contributed by atoms with Crippen LogP contribution in [0.15, 0.2) is 60.8 Å².